The Hall–Kier alpha value is -2.33. The molecule has 0 saturated carbocycles. The first kappa shape index (κ1) is 17.0. The Labute approximate surface area is 137 Å². The molecule has 0 saturated heterocycles. The maximum Gasteiger partial charge on any atom is 0.224 e. The lowest BCUT2D eigenvalue weighted by Crippen LogP contribution is -2.30. The largest absolute Gasteiger partial charge is 0.497 e. The zero-order chi connectivity index (χ0) is 16.5. The highest BCUT2D eigenvalue weighted by Gasteiger charge is 2.14. The number of benzene rings is 2. The summed E-state index contributed by atoms with van der Waals surface area (Å²) < 4.78 is 5.12. The molecule has 1 atom stereocenters. The predicted octanol–water partition coefficient (Wildman–Crippen LogP) is 2.87. The van der Waals surface area contributed by atoms with Crippen LogP contribution in [0.25, 0.3) is 0 Å². The third kappa shape index (κ3) is 5.42. The van der Waals surface area contributed by atoms with Crippen molar-refractivity contribution in [1.29, 1.82) is 0 Å². The van der Waals surface area contributed by atoms with Crippen LogP contribution in [0, 0.1) is 0 Å². The number of rotatable bonds is 8. The maximum atomic E-state index is 12.3. The summed E-state index contributed by atoms with van der Waals surface area (Å²) >= 11 is 0. The number of aliphatic hydroxyl groups excluding tert-OH is 1. The van der Waals surface area contributed by atoms with Crippen molar-refractivity contribution < 1.29 is 14.6 Å². The number of aliphatic hydroxyl groups is 1. The Kier molecular flexibility index (Phi) is 6.63. The quantitative estimate of drug-likeness (QED) is 0.788. The molecule has 2 N–H and O–H groups in total. The zero-order valence-corrected chi connectivity index (χ0v) is 13.4. The van der Waals surface area contributed by atoms with Gasteiger partial charge in [-0.15, -0.1) is 0 Å². The molecule has 1 amide bonds. The van der Waals surface area contributed by atoms with E-state index >= 15 is 0 Å². The van der Waals surface area contributed by atoms with E-state index < -0.39 is 0 Å². The van der Waals surface area contributed by atoms with Gasteiger partial charge in [-0.3, -0.25) is 4.79 Å². The Bertz CT molecular complexity index is 596. The van der Waals surface area contributed by atoms with Gasteiger partial charge in [0.1, 0.15) is 5.75 Å². The van der Waals surface area contributed by atoms with E-state index in [-0.39, 0.29) is 18.6 Å². The number of methoxy groups -OCH3 is 1. The van der Waals surface area contributed by atoms with Gasteiger partial charge in [0.2, 0.25) is 5.91 Å². The van der Waals surface area contributed by atoms with Gasteiger partial charge in [0.15, 0.2) is 0 Å². The van der Waals surface area contributed by atoms with Crippen LogP contribution >= 0.6 is 0 Å². The summed E-state index contributed by atoms with van der Waals surface area (Å²) in [5.41, 5.74) is 2.00. The molecule has 0 aliphatic rings. The molecule has 0 aliphatic carbocycles. The van der Waals surface area contributed by atoms with Crippen LogP contribution in [0.1, 0.15) is 30.0 Å². The molecule has 0 fully saturated rings. The van der Waals surface area contributed by atoms with Crippen molar-refractivity contribution in [2.45, 2.75) is 25.3 Å². The van der Waals surface area contributed by atoms with Crippen LogP contribution in [0.5, 0.6) is 5.75 Å². The molecule has 4 heteroatoms. The molecule has 122 valence electrons. The van der Waals surface area contributed by atoms with Gasteiger partial charge in [-0.25, -0.2) is 0 Å². The van der Waals surface area contributed by atoms with E-state index in [2.05, 4.69) is 5.32 Å². The van der Waals surface area contributed by atoms with Gasteiger partial charge in [0.05, 0.1) is 19.6 Å². The summed E-state index contributed by atoms with van der Waals surface area (Å²) in [7, 11) is 1.62. The van der Waals surface area contributed by atoms with Gasteiger partial charge in [-0.2, -0.15) is 0 Å². The first-order chi connectivity index (χ1) is 11.2. The summed E-state index contributed by atoms with van der Waals surface area (Å²) in [6.07, 6.45) is 1.70. The molecule has 0 bridgehead atoms. The fourth-order valence-corrected chi connectivity index (χ4v) is 2.48. The number of carbonyl (C=O) groups is 1. The standard InChI is InChI=1S/C19H23NO3/c1-23-17-11-9-15(10-12-17)14-19(22)20-18(8-5-13-21)16-6-3-2-4-7-16/h2-4,6-7,9-12,18,21H,5,8,13-14H2,1H3,(H,20,22). The van der Waals surface area contributed by atoms with Gasteiger partial charge in [-0.1, -0.05) is 42.5 Å². The van der Waals surface area contributed by atoms with E-state index in [1.165, 1.54) is 0 Å². The second-order valence-corrected chi connectivity index (χ2v) is 5.42. The molecule has 2 aromatic carbocycles. The van der Waals surface area contributed by atoms with Crippen LogP contribution in [-0.4, -0.2) is 24.7 Å². The predicted molar refractivity (Wildman–Crippen MR) is 90.3 cm³/mol. The normalized spacial score (nSPS) is 11.7. The summed E-state index contributed by atoms with van der Waals surface area (Å²) in [5.74, 6) is 0.751. The fraction of sp³-hybridized carbons (Fsp3) is 0.316. The van der Waals surface area contributed by atoms with Crippen molar-refractivity contribution in [3.05, 3.63) is 65.7 Å². The first-order valence-corrected chi connectivity index (χ1v) is 7.81. The number of carbonyl (C=O) groups excluding carboxylic acids is 1. The average Bonchev–Trinajstić information content (AvgIpc) is 2.60. The Morgan fingerprint density at radius 1 is 1.13 bits per heavy atom. The van der Waals surface area contributed by atoms with Gasteiger partial charge < -0.3 is 15.2 Å². The maximum absolute atomic E-state index is 12.3. The first-order valence-electron chi connectivity index (χ1n) is 7.81. The molecule has 4 nitrogen and oxygen atoms in total. The number of nitrogens with one attached hydrogen (secondary N) is 1. The van der Waals surface area contributed by atoms with Crippen molar-refractivity contribution in [3.8, 4) is 5.75 Å². The topological polar surface area (TPSA) is 58.6 Å². The molecule has 23 heavy (non-hydrogen) atoms. The molecular formula is C19H23NO3. The molecule has 0 aliphatic heterocycles. The summed E-state index contributed by atoms with van der Waals surface area (Å²) in [6, 6.07) is 17.3. The minimum absolute atomic E-state index is 0.0260. The molecule has 0 aromatic heterocycles. The highest BCUT2D eigenvalue weighted by molar-refractivity contribution is 5.79. The van der Waals surface area contributed by atoms with Crippen LogP contribution in [-0.2, 0) is 11.2 Å². The molecule has 2 rings (SSSR count). The monoisotopic (exact) mass is 313 g/mol. The number of hydrogen-bond donors (Lipinski definition) is 2. The molecule has 2 aromatic rings. The second kappa shape index (κ2) is 8.96. The SMILES string of the molecule is COc1ccc(CC(=O)NC(CCCO)c2ccccc2)cc1. The van der Waals surface area contributed by atoms with E-state index in [0.717, 1.165) is 23.3 Å². The van der Waals surface area contributed by atoms with Gasteiger partial charge >= 0.3 is 0 Å². The van der Waals surface area contributed by atoms with Crippen LogP contribution in [0.2, 0.25) is 0 Å². The summed E-state index contributed by atoms with van der Waals surface area (Å²) in [6.45, 7) is 0.123. The van der Waals surface area contributed by atoms with Gasteiger partial charge in [0.25, 0.3) is 0 Å². The number of hydrogen-bond acceptors (Lipinski definition) is 3. The second-order valence-electron chi connectivity index (χ2n) is 5.42. The van der Waals surface area contributed by atoms with Crippen LogP contribution in [0.15, 0.2) is 54.6 Å². The number of ether oxygens (including phenoxy) is 1. The smallest absolute Gasteiger partial charge is 0.224 e. The Balaban J connectivity index is 1.98. The van der Waals surface area contributed by atoms with E-state index in [4.69, 9.17) is 9.84 Å². The molecule has 1 unspecified atom stereocenters. The minimum atomic E-state index is -0.0749. The third-order valence-electron chi connectivity index (χ3n) is 3.71. The number of amides is 1. The summed E-state index contributed by atoms with van der Waals surface area (Å²) in [5, 5.41) is 12.1. The van der Waals surface area contributed by atoms with E-state index in [1.807, 2.05) is 54.6 Å². The Morgan fingerprint density at radius 2 is 1.83 bits per heavy atom. The van der Waals surface area contributed by atoms with Crippen molar-refractivity contribution in [1.82, 2.24) is 5.32 Å². The lowest BCUT2D eigenvalue weighted by Gasteiger charge is -2.19. The highest BCUT2D eigenvalue weighted by atomic mass is 16.5. The lowest BCUT2D eigenvalue weighted by molar-refractivity contribution is -0.121. The van der Waals surface area contributed by atoms with Crippen LogP contribution in [0.3, 0.4) is 0 Å². The Morgan fingerprint density at radius 3 is 2.43 bits per heavy atom. The molecule has 0 heterocycles. The van der Waals surface area contributed by atoms with Crippen LogP contribution in [0.4, 0.5) is 0 Å². The average molecular weight is 313 g/mol. The van der Waals surface area contributed by atoms with Gasteiger partial charge in [0, 0.05) is 6.61 Å². The van der Waals surface area contributed by atoms with Crippen LogP contribution < -0.4 is 10.1 Å². The highest BCUT2D eigenvalue weighted by Crippen LogP contribution is 2.19. The van der Waals surface area contributed by atoms with Crippen molar-refractivity contribution in [2.24, 2.45) is 0 Å². The van der Waals surface area contributed by atoms with Crippen molar-refractivity contribution >= 4 is 5.91 Å². The van der Waals surface area contributed by atoms with E-state index in [0.29, 0.717) is 12.8 Å². The van der Waals surface area contributed by atoms with Crippen molar-refractivity contribution in [2.75, 3.05) is 13.7 Å². The zero-order valence-electron chi connectivity index (χ0n) is 13.4. The minimum Gasteiger partial charge on any atom is -0.497 e. The molecule has 0 spiro atoms. The molecule has 0 radical (unpaired) electrons. The molecular weight excluding hydrogens is 290 g/mol. The van der Waals surface area contributed by atoms with E-state index in [9.17, 15) is 4.79 Å². The van der Waals surface area contributed by atoms with E-state index in [1.54, 1.807) is 7.11 Å². The third-order valence-corrected chi connectivity index (χ3v) is 3.71. The lowest BCUT2D eigenvalue weighted by atomic mass is 10.0. The van der Waals surface area contributed by atoms with Gasteiger partial charge in [-0.05, 0) is 36.1 Å². The fourth-order valence-electron chi connectivity index (χ4n) is 2.48. The summed E-state index contributed by atoms with van der Waals surface area (Å²) in [4.78, 5) is 12.3. The van der Waals surface area contributed by atoms with Crippen molar-refractivity contribution in [3.63, 3.8) is 0 Å².